The molecule has 1 atom stereocenters. The molecule has 1 aliphatic rings. The van der Waals surface area contributed by atoms with Gasteiger partial charge in [0.05, 0.1) is 23.6 Å². The van der Waals surface area contributed by atoms with Crippen LogP contribution in [0.1, 0.15) is 46.3 Å². The van der Waals surface area contributed by atoms with E-state index in [0.717, 1.165) is 29.9 Å². The molecule has 0 radical (unpaired) electrons. The Balaban J connectivity index is 1.96. The quantitative estimate of drug-likeness (QED) is 0.847. The van der Waals surface area contributed by atoms with Gasteiger partial charge in [-0.15, -0.1) is 0 Å². The largest absolute Gasteiger partial charge is 0.330 e. The second-order valence-corrected chi connectivity index (χ2v) is 5.99. The minimum atomic E-state index is -0.254. The number of likely N-dealkylation sites (tertiary alicyclic amines) is 1. The molecule has 0 aromatic carbocycles. The Morgan fingerprint density at radius 1 is 1.26 bits per heavy atom. The number of nitrogens with zero attached hydrogens (tertiary/aromatic N) is 4. The number of amides is 1. The molecular weight excluding hydrogens is 292 g/mol. The van der Waals surface area contributed by atoms with Crippen molar-refractivity contribution in [3.05, 3.63) is 57.5 Å². The van der Waals surface area contributed by atoms with E-state index in [1.807, 2.05) is 13.8 Å². The van der Waals surface area contributed by atoms with E-state index in [1.54, 1.807) is 36.5 Å². The average Bonchev–Trinajstić information content (AvgIpc) is 3.02. The summed E-state index contributed by atoms with van der Waals surface area (Å²) in [5.74, 6) is -0.226. The van der Waals surface area contributed by atoms with Crippen LogP contribution >= 0.6 is 0 Å². The maximum atomic E-state index is 12.9. The van der Waals surface area contributed by atoms with Crippen LogP contribution in [0.5, 0.6) is 0 Å². The molecule has 0 bridgehead atoms. The van der Waals surface area contributed by atoms with E-state index in [0.29, 0.717) is 6.54 Å². The van der Waals surface area contributed by atoms with E-state index in [1.165, 1.54) is 4.57 Å². The average molecular weight is 312 g/mol. The van der Waals surface area contributed by atoms with Gasteiger partial charge >= 0.3 is 0 Å². The number of carbonyl (C=O) groups is 1. The van der Waals surface area contributed by atoms with Gasteiger partial charge in [-0.05, 0) is 38.8 Å². The van der Waals surface area contributed by atoms with Gasteiger partial charge in [0.1, 0.15) is 5.56 Å². The summed E-state index contributed by atoms with van der Waals surface area (Å²) in [6, 6.07) is 3.31. The fourth-order valence-electron chi connectivity index (χ4n) is 3.01. The Labute approximate surface area is 134 Å². The van der Waals surface area contributed by atoms with Crippen molar-refractivity contribution in [1.82, 2.24) is 19.4 Å². The van der Waals surface area contributed by atoms with E-state index in [4.69, 9.17) is 0 Å². The molecule has 0 spiro atoms. The van der Waals surface area contributed by atoms with Crippen molar-refractivity contribution in [2.45, 2.75) is 32.7 Å². The molecule has 0 saturated carbocycles. The fraction of sp³-hybridized carbons (Fsp3) is 0.412. The summed E-state index contributed by atoms with van der Waals surface area (Å²) >= 11 is 0. The standard InChI is InChI=1S/C17H20N4O2/c1-11-9-18-10-14(19-11)15-5-4-8-21(15)17(23)13-7-6-12(2)20(3)16(13)22/h6-7,9-10,15H,4-5,8H2,1-3H3/t15-/m1/s1. The van der Waals surface area contributed by atoms with Crippen molar-refractivity contribution >= 4 is 5.91 Å². The van der Waals surface area contributed by atoms with Crippen molar-refractivity contribution in [3.8, 4) is 0 Å². The normalized spacial score (nSPS) is 17.5. The summed E-state index contributed by atoms with van der Waals surface area (Å²) in [5, 5.41) is 0. The Bertz CT molecular complexity index is 812. The van der Waals surface area contributed by atoms with Gasteiger partial charge in [0, 0.05) is 25.5 Å². The number of pyridine rings is 1. The molecule has 6 heteroatoms. The highest BCUT2D eigenvalue weighted by molar-refractivity contribution is 5.94. The third kappa shape index (κ3) is 2.76. The van der Waals surface area contributed by atoms with Gasteiger partial charge in [-0.3, -0.25) is 19.6 Å². The topological polar surface area (TPSA) is 68.1 Å². The Morgan fingerprint density at radius 3 is 2.78 bits per heavy atom. The molecule has 120 valence electrons. The van der Waals surface area contributed by atoms with Gasteiger partial charge in [0.25, 0.3) is 11.5 Å². The van der Waals surface area contributed by atoms with Crippen LogP contribution in [0, 0.1) is 13.8 Å². The van der Waals surface area contributed by atoms with E-state index >= 15 is 0 Å². The van der Waals surface area contributed by atoms with Crippen molar-refractivity contribution < 1.29 is 4.79 Å². The van der Waals surface area contributed by atoms with Gasteiger partial charge in [-0.25, -0.2) is 0 Å². The van der Waals surface area contributed by atoms with Gasteiger partial charge in [0.2, 0.25) is 0 Å². The highest BCUT2D eigenvalue weighted by Gasteiger charge is 2.33. The predicted octanol–water partition coefficient (Wildman–Crippen LogP) is 1.77. The summed E-state index contributed by atoms with van der Waals surface area (Å²) < 4.78 is 1.50. The molecule has 0 unspecified atom stereocenters. The summed E-state index contributed by atoms with van der Waals surface area (Å²) in [5.41, 5.74) is 2.41. The SMILES string of the molecule is Cc1cncc([C@H]2CCCN2C(=O)c2ccc(C)n(C)c2=O)n1. The summed E-state index contributed by atoms with van der Waals surface area (Å²) in [6.45, 7) is 4.36. The van der Waals surface area contributed by atoms with Crippen molar-refractivity contribution in [2.75, 3.05) is 6.54 Å². The molecule has 0 N–H and O–H groups in total. The maximum Gasteiger partial charge on any atom is 0.263 e. The lowest BCUT2D eigenvalue weighted by atomic mass is 10.1. The first-order chi connectivity index (χ1) is 11.0. The first-order valence-corrected chi connectivity index (χ1v) is 7.75. The van der Waals surface area contributed by atoms with Crippen LogP contribution in [0.4, 0.5) is 0 Å². The zero-order valence-electron chi connectivity index (χ0n) is 13.6. The molecule has 1 fully saturated rings. The molecule has 3 rings (SSSR count). The van der Waals surface area contributed by atoms with Crippen LogP contribution in [0.2, 0.25) is 0 Å². The number of hydrogen-bond acceptors (Lipinski definition) is 4. The predicted molar refractivity (Wildman–Crippen MR) is 86.2 cm³/mol. The lowest BCUT2D eigenvalue weighted by Gasteiger charge is -2.24. The molecule has 6 nitrogen and oxygen atoms in total. The number of aryl methyl sites for hydroxylation is 2. The van der Waals surface area contributed by atoms with E-state index < -0.39 is 0 Å². The zero-order chi connectivity index (χ0) is 16.6. The summed E-state index contributed by atoms with van der Waals surface area (Å²) in [4.78, 5) is 35.7. The highest BCUT2D eigenvalue weighted by Crippen LogP contribution is 2.31. The third-order valence-electron chi connectivity index (χ3n) is 4.41. The zero-order valence-corrected chi connectivity index (χ0v) is 13.6. The number of carbonyl (C=O) groups excluding carboxylic acids is 1. The highest BCUT2D eigenvalue weighted by atomic mass is 16.2. The van der Waals surface area contributed by atoms with Crippen molar-refractivity contribution in [2.24, 2.45) is 7.05 Å². The van der Waals surface area contributed by atoms with Crippen LogP contribution in [-0.4, -0.2) is 31.9 Å². The van der Waals surface area contributed by atoms with E-state index in [-0.39, 0.29) is 23.1 Å². The van der Waals surface area contributed by atoms with Gasteiger partial charge in [0.15, 0.2) is 0 Å². The minimum absolute atomic E-state index is 0.110. The Morgan fingerprint density at radius 2 is 2.04 bits per heavy atom. The van der Waals surface area contributed by atoms with Gasteiger partial charge in [-0.1, -0.05) is 0 Å². The first kappa shape index (κ1) is 15.4. The smallest absolute Gasteiger partial charge is 0.263 e. The molecule has 1 amide bonds. The fourth-order valence-corrected chi connectivity index (χ4v) is 3.01. The lowest BCUT2D eigenvalue weighted by Crippen LogP contribution is -2.36. The second-order valence-electron chi connectivity index (χ2n) is 5.99. The first-order valence-electron chi connectivity index (χ1n) is 7.75. The Kier molecular flexibility index (Phi) is 3.98. The minimum Gasteiger partial charge on any atom is -0.330 e. The summed E-state index contributed by atoms with van der Waals surface area (Å²) in [7, 11) is 1.68. The maximum absolute atomic E-state index is 12.9. The molecule has 2 aromatic rings. The molecule has 1 aliphatic heterocycles. The van der Waals surface area contributed by atoms with E-state index in [9.17, 15) is 9.59 Å². The molecule has 2 aromatic heterocycles. The Hall–Kier alpha value is -2.50. The van der Waals surface area contributed by atoms with Gasteiger partial charge in [-0.2, -0.15) is 0 Å². The summed E-state index contributed by atoms with van der Waals surface area (Å²) in [6.07, 6.45) is 5.14. The van der Waals surface area contributed by atoms with Gasteiger partial charge < -0.3 is 9.47 Å². The number of hydrogen-bond donors (Lipinski definition) is 0. The van der Waals surface area contributed by atoms with Crippen molar-refractivity contribution in [1.29, 1.82) is 0 Å². The lowest BCUT2D eigenvalue weighted by molar-refractivity contribution is 0.0730. The van der Waals surface area contributed by atoms with Crippen LogP contribution < -0.4 is 5.56 Å². The van der Waals surface area contributed by atoms with Crippen LogP contribution in [0.3, 0.4) is 0 Å². The van der Waals surface area contributed by atoms with Crippen LogP contribution in [0.15, 0.2) is 29.3 Å². The molecular formula is C17H20N4O2. The molecule has 3 heterocycles. The number of aromatic nitrogens is 3. The molecule has 23 heavy (non-hydrogen) atoms. The van der Waals surface area contributed by atoms with Crippen LogP contribution in [0.25, 0.3) is 0 Å². The van der Waals surface area contributed by atoms with Crippen molar-refractivity contribution in [3.63, 3.8) is 0 Å². The molecule has 0 aliphatic carbocycles. The van der Waals surface area contributed by atoms with Crippen LogP contribution in [-0.2, 0) is 7.05 Å². The number of rotatable bonds is 2. The second kappa shape index (κ2) is 5.95. The third-order valence-corrected chi connectivity index (χ3v) is 4.41. The molecule has 1 saturated heterocycles. The monoisotopic (exact) mass is 312 g/mol. The van der Waals surface area contributed by atoms with E-state index in [2.05, 4.69) is 9.97 Å².